The van der Waals surface area contributed by atoms with E-state index in [1.807, 2.05) is 0 Å². The lowest BCUT2D eigenvalue weighted by atomic mass is 9.77. The Balaban J connectivity index is 2.09. The molecule has 1 aliphatic carbocycles. The van der Waals surface area contributed by atoms with Gasteiger partial charge >= 0.3 is 5.97 Å². The van der Waals surface area contributed by atoms with Crippen LogP contribution in [0.5, 0.6) is 0 Å². The van der Waals surface area contributed by atoms with Crippen molar-refractivity contribution in [2.24, 2.45) is 0 Å². The number of aliphatic carboxylic acids is 1. The predicted molar refractivity (Wildman–Crippen MR) is 82.2 cm³/mol. The smallest absolute Gasteiger partial charge is 0.305 e. The van der Waals surface area contributed by atoms with Gasteiger partial charge in [-0.05, 0) is 37.0 Å². The van der Waals surface area contributed by atoms with Gasteiger partial charge in [0.15, 0.2) is 11.6 Å². The molecule has 24 heavy (non-hydrogen) atoms. The summed E-state index contributed by atoms with van der Waals surface area (Å²) in [5.41, 5.74) is -0.0696. The zero-order valence-electron chi connectivity index (χ0n) is 13.6. The first-order valence-electron chi connectivity index (χ1n) is 7.84. The van der Waals surface area contributed by atoms with Crippen molar-refractivity contribution in [3.8, 4) is 0 Å². The summed E-state index contributed by atoms with van der Waals surface area (Å²) in [6.45, 7) is 0.0378. The molecule has 1 saturated carbocycles. The Kier molecular flexibility index (Phi) is 5.88. The molecule has 0 saturated heterocycles. The SMILES string of the molecule is COC1(CC(=O)N(CCC(=O)O)Cc2ccc(F)c(F)c2)CCC1. The fraction of sp³-hybridized carbons (Fsp3) is 0.529. The summed E-state index contributed by atoms with van der Waals surface area (Å²) < 4.78 is 31.8. The average molecular weight is 341 g/mol. The standard InChI is InChI=1S/C17H21F2NO4/c1-24-17(6-2-7-17)10-15(21)20(8-5-16(22)23)11-12-3-4-13(18)14(19)9-12/h3-4,9H,2,5-8,10-11H2,1H3,(H,22,23). The van der Waals surface area contributed by atoms with E-state index in [4.69, 9.17) is 9.84 Å². The van der Waals surface area contributed by atoms with Gasteiger partial charge in [-0.3, -0.25) is 9.59 Å². The lowest BCUT2D eigenvalue weighted by Gasteiger charge is -2.41. The van der Waals surface area contributed by atoms with E-state index < -0.39 is 23.2 Å². The molecule has 7 heteroatoms. The molecule has 0 aromatic heterocycles. The lowest BCUT2D eigenvalue weighted by molar-refractivity contribution is -0.145. The molecule has 0 spiro atoms. The summed E-state index contributed by atoms with van der Waals surface area (Å²) in [5.74, 6) is -3.23. The Labute approximate surface area is 139 Å². The van der Waals surface area contributed by atoms with E-state index in [-0.39, 0.29) is 31.8 Å². The molecule has 0 radical (unpaired) electrons. The second kappa shape index (κ2) is 7.70. The minimum Gasteiger partial charge on any atom is -0.481 e. The first-order chi connectivity index (χ1) is 11.3. The number of hydrogen-bond donors (Lipinski definition) is 1. The summed E-state index contributed by atoms with van der Waals surface area (Å²) in [7, 11) is 1.56. The number of nitrogens with zero attached hydrogens (tertiary/aromatic N) is 1. The fourth-order valence-electron chi connectivity index (χ4n) is 2.79. The van der Waals surface area contributed by atoms with Gasteiger partial charge in [0.05, 0.1) is 18.4 Å². The first-order valence-corrected chi connectivity index (χ1v) is 7.84. The quantitative estimate of drug-likeness (QED) is 0.789. The van der Waals surface area contributed by atoms with Crippen LogP contribution in [0.1, 0.15) is 37.7 Å². The van der Waals surface area contributed by atoms with E-state index >= 15 is 0 Å². The Morgan fingerprint density at radius 1 is 1.29 bits per heavy atom. The largest absolute Gasteiger partial charge is 0.481 e. The van der Waals surface area contributed by atoms with Gasteiger partial charge < -0.3 is 14.7 Å². The Bertz CT molecular complexity index is 611. The van der Waals surface area contributed by atoms with Crippen molar-refractivity contribution in [3.05, 3.63) is 35.4 Å². The summed E-state index contributed by atoms with van der Waals surface area (Å²) in [6.07, 6.45) is 2.50. The Morgan fingerprint density at radius 2 is 2.00 bits per heavy atom. The summed E-state index contributed by atoms with van der Waals surface area (Å²) in [4.78, 5) is 24.7. The predicted octanol–water partition coefficient (Wildman–Crippen LogP) is 2.73. The number of carbonyl (C=O) groups is 2. The second-order valence-electron chi connectivity index (χ2n) is 6.12. The van der Waals surface area contributed by atoms with Crippen molar-refractivity contribution in [2.75, 3.05) is 13.7 Å². The Morgan fingerprint density at radius 3 is 2.50 bits per heavy atom. The van der Waals surface area contributed by atoms with Gasteiger partial charge in [0, 0.05) is 20.2 Å². The van der Waals surface area contributed by atoms with Gasteiger partial charge in [-0.1, -0.05) is 6.07 Å². The maximum atomic E-state index is 13.3. The molecule has 0 bridgehead atoms. The maximum Gasteiger partial charge on any atom is 0.305 e. The third-order valence-corrected chi connectivity index (χ3v) is 4.48. The number of benzene rings is 1. The van der Waals surface area contributed by atoms with E-state index in [0.717, 1.165) is 31.4 Å². The van der Waals surface area contributed by atoms with Gasteiger partial charge in [0.2, 0.25) is 5.91 Å². The molecule has 1 aromatic carbocycles. The number of amides is 1. The van der Waals surface area contributed by atoms with E-state index in [9.17, 15) is 18.4 Å². The number of methoxy groups -OCH3 is 1. The zero-order chi connectivity index (χ0) is 17.7. The van der Waals surface area contributed by atoms with Crippen molar-refractivity contribution in [2.45, 2.75) is 44.2 Å². The van der Waals surface area contributed by atoms with Crippen molar-refractivity contribution in [3.63, 3.8) is 0 Å². The van der Waals surface area contributed by atoms with Gasteiger partial charge in [0.1, 0.15) is 0 Å². The van der Waals surface area contributed by atoms with Crippen LogP contribution in [0, 0.1) is 11.6 Å². The van der Waals surface area contributed by atoms with Crippen molar-refractivity contribution in [1.29, 1.82) is 0 Å². The van der Waals surface area contributed by atoms with Crippen LogP contribution in [-0.2, 0) is 20.9 Å². The molecule has 0 heterocycles. The molecular weight excluding hydrogens is 320 g/mol. The van der Waals surface area contributed by atoms with E-state index in [0.29, 0.717) is 5.56 Å². The van der Waals surface area contributed by atoms with Crippen molar-refractivity contribution >= 4 is 11.9 Å². The molecule has 0 atom stereocenters. The van der Waals surface area contributed by atoms with Gasteiger partial charge in [0.25, 0.3) is 0 Å². The molecule has 1 fully saturated rings. The van der Waals surface area contributed by atoms with Crippen LogP contribution in [-0.4, -0.2) is 41.1 Å². The minimum atomic E-state index is -1.02. The number of ether oxygens (including phenoxy) is 1. The Hall–Kier alpha value is -2.02. The van der Waals surface area contributed by atoms with Crippen LogP contribution in [0.25, 0.3) is 0 Å². The molecule has 5 nitrogen and oxygen atoms in total. The van der Waals surface area contributed by atoms with Crippen LogP contribution in [0.3, 0.4) is 0 Å². The molecule has 132 valence electrons. The van der Waals surface area contributed by atoms with Crippen LogP contribution in [0.15, 0.2) is 18.2 Å². The van der Waals surface area contributed by atoms with Crippen LogP contribution in [0.2, 0.25) is 0 Å². The van der Waals surface area contributed by atoms with E-state index in [1.165, 1.54) is 11.0 Å². The molecule has 1 aromatic rings. The summed E-state index contributed by atoms with van der Waals surface area (Å²) in [5, 5.41) is 8.85. The highest BCUT2D eigenvalue weighted by atomic mass is 19.2. The van der Waals surface area contributed by atoms with Crippen molar-refractivity contribution < 1.29 is 28.2 Å². The molecule has 1 N–H and O–H groups in total. The number of halogens is 2. The van der Waals surface area contributed by atoms with Gasteiger partial charge in [-0.2, -0.15) is 0 Å². The lowest BCUT2D eigenvalue weighted by Crippen LogP contribution is -2.45. The third-order valence-electron chi connectivity index (χ3n) is 4.48. The molecule has 0 aliphatic heterocycles. The van der Waals surface area contributed by atoms with Crippen LogP contribution >= 0.6 is 0 Å². The number of rotatable bonds is 8. The minimum absolute atomic E-state index is 0.00690. The van der Waals surface area contributed by atoms with E-state index in [1.54, 1.807) is 7.11 Å². The molecule has 1 aliphatic rings. The van der Waals surface area contributed by atoms with Crippen LogP contribution < -0.4 is 0 Å². The normalized spacial score (nSPS) is 15.6. The second-order valence-corrected chi connectivity index (χ2v) is 6.12. The number of hydrogen-bond acceptors (Lipinski definition) is 3. The zero-order valence-corrected chi connectivity index (χ0v) is 13.6. The average Bonchev–Trinajstić information content (AvgIpc) is 2.50. The summed E-state index contributed by atoms with van der Waals surface area (Å²) in [6, 6.07) is 3.40. The van der Waals surface area contributed by atoms with Crippen LogP contribution in [0.4, 0.5) is 8.78 Å². The fourth-order valence-corrected chi connectivity index (χ4v) is 2.79. The summed E-state index contributed by atoms with van der Waals surface area (Å²) >= 11 is 0. The topological polar surface area (TPSA) is 66.8 Å². The molecule has 2 rings (SSSR count). The van der Waals surface area contributed by atoms with E-state index in [2.05, 4.69) is 0 Å². The molecule has 0 unspecified atom stereocenters. The highest BCUT2D eigenvalue weighted by Crippen LogP contribution is 2.38. The van der Waals surface area contributed by atoms with Gasteiger partial charge in [-0.15, -0.1) is 0 Å². The highest BCUT2D eigenvalue weighted by molar-refractivity contribution is 5.78. The number of carbonyl (C=O) groups excluding carboxylic acids is 1. The third kappa shape index (κ3) is 4.50. The monoisotopic (exact) mass is 341 g/mol. The molecule has 1 amide bonds. The highest BCUT2D eigenvalue weighted by Gasteiger charge is 2.40. The number of carboxylic acid groups (broad SMARTS) is 1. The van der Waals surface area contributed by atoms with Gasteiger partial charge in [-0.25, -0.2) is 8.78 Å². The maximum absolute atomic E-state index is 13.3. The first kappa shape index (κ1) is 18.3. The number of carboxylic acids is 1. The van der Waals surface area contributed by atoms with Crippen molar-refractivity contribution in [1.82, 2.24) is 4.90 Å². The molecular formula is C17H21F2NO4.